The lowest BCUT2D eigenvalue weighted by Crippen LogP contribution is -2.50. The molecule has 8 nitrogen and oxygen atoms in total. The van der Waals surface area contributed by atoms with E-state index in [1.54, 1.807) is 39.4 Å². The number of hydrogen-bond acceptors (Lipinski definition) is 5. The van der Waals surface area contributed by atoms with Gasteiger partial charge in [-0.25, -0.2) is 0 Å². The highest BCUT2D eigenvalue weighted by molar-refractivity contribution is 6.01. The average molecular weight is 392 g/mol. The maximum atomic E-state index is 9.32. The molecule has 0 aromatic heterocycles. The fraction of sp³-hybridized carbons (Fsp3) is 0.500. The molecule has 1 aliphatic heterocycles. The van der Waals surface area contributed by atoms with Crippen LogP contribution in [0.3, 0.4) is 0 Å². The number of likely N-dealkylation sites (N-methyl/N-ethyl adjacent to an activating group) is 1. The van der Waals surface area contributed by atoms with E-state index < -0.39 is 0 Å². The number of aliphatic hydroxyl groups is 1. The van der Waals surface area contributed by atoms with Crippen molar-refractivity contribution in [3.63, 3.8) is 0 Å². The maximum absolute atomic E-state index is 9.32. The van der Waals surface area contributed by atoms with Gasteiger partial charge in [-0.1, -0.05) is 13.2 Å². The molecular formula is C20H33N5O3. The van der Waals surface area contributed by atoms with E-state index in [4.69, 9.17) is 9.47 Å². The lowest BCUT2D eigenvalue weighted by atomic mass is 10.1. The second-order valence-electron chi connectivity index (χ2n) is 6.17. The van der Waals surface area contributed by atoms with Gasteiger partial charge in [0, 0.05) is 45.5 Å². The monoisotopic (exact) mass is 391 g/mol. The van der Waals surface area contributed by atoms with Gasteiger partial charge in [0.15, 0.2) is 5.76 Å². The molecule has 0 aromatic rings. The molecule has 0 aromatic carbocycles. The summed E-state index contributed by atoms with van der Waals surface area (Å²) in [5.74, 6) is 2.25. The van der Waals surface area contributed by atoms with Crippen molar-refractivity contribution >= 4 is 11.8 Å². The fourth-order valence-electron chi connectivity index (χ4n) is 2.41. The highest BCUT2D eigenvalue weighted by Gasteiger charge is 2.23. The number of rotatable bonds is 10. The van der Waals surface area contributed by atoms with Gasteiger partial charge in [0.25, 0.3) is 0 Å². The van der Waals surface area contributed by atoms with Gasteiger partial charge in [-0.3, -0.25) is 9.89 Å². The van der Waals surface area contributed by atoms with Gasteiger partial charge in [0.2, 0.25) is 5.96 Å². The minimum absolute atomic E-state index is 0.183. The van der Waals surface area contributed by atoms with E-state index in [9.17, 15) is 5.11 Å². The van der Waals surface area contributed by atoms with Crippen molar-refractivity contribution in [3.8, 4) is 0 Å². The highest BCUT2D eigenvalue weighted by Crippen LogP contribution is 2.13. The van der Waals surface area contributed by atoms with E-state index >= 15 is 0 Å². The predicted octanol–water partition coefficient (Wildman–Crippen LogP) is 1.40. The Hall–Kier alpha value is -2.58. The van der Waals surface area contributed by atoms with Crippen LogP contribution in [0.4, 0.5) is 0 Å². The molecule has 1 heterocycles. The third-order valence-electron chi connectivity index (χ3n) is 4.12. The molecule has 0 unspecified atom stereocenters. The molecule has 0 radical (unpaired) electrons. The van der Waals surface area contributed by atoms with Crippen LogP contribution in [-0.2, 0) is 9.47 Å². The molecule has 1 fully saturated rings. The SMILES string of the molecule is C=C/C(=C\C(OCCCN1CC(O)C1)=C(/C)OC)NC(=N/C)/N=C(\C=C)NC. The molecule has 0 saturated carbocycles. The van der Waals surface area contributed by atoms with Crippen molar-refractivity contribution in [3.05, 3.63) is 48.6 Å². The zero-order valence-electron chi connectivity index (χ0n) is 17.4. The number of guanidine groups is 1. The molecule has 0 amide bonds. The van der Waals surface area contributed by atoms with Crippen LogP contribution in [0.5, 0.6) is 0 Å². The minimum Gasteiger partial charge on any atom is -0.498 e. The van der Waals surface area contributed by atoms with E-state index in [2.05, 4.69) is 38.7 Å². The number of aliphatic hydroxyl groups excluding tert-OH is 1. The van der Waals surface area contributed by atoms with Crippen LogP contribution in [0.25, 0.3) is 0 Å². The molecule has 1 saturated heterocycles. The number of nitrogens with zero attached hydrogens (tertiary/aromatic N) is 3. The molecule has 0 atom stereocenters. The van der Waals surface area contributed by atoms with Gasteiger partial charge in [-0.2, -0.15) is 4.99 Å². The van der Waals surface area contributed by atoms with E-state index in [1.165, 1.54) is 0 Å². The van der Waals surface area contributed by atoms with Crippen molar-refractivity contribution in [2.24, 2.45) is 9.98 Å². The van der Waals surface area contributed by atoms with Crippen molar-refractivity contribution in [2.45, 2.75) is 19.4 Å². The molecule has 1 rings (SSSR count). The Kier molecular flexibility index (Phi) is 10.7. The maximum Gasteiger partial charge on any atom is 0.224 e. The van der Waals surface area contributed by atoms with Gasteiger partial charge in [0.1, 0.15) is 11.6 Å². The second-order valence-corrected chi connectivity index (χ2v) is 6.17. The summed E-state index contributed by atoms with van der Waals surface area (Å²) in [4.78, 5) is 10.6. The lowest BCUT2D eigenvalue weighted by Gasteiger charge is -2.35. The number of β-amino-alcohol motifs (C(OH)–C–C–N with tert-alkyl or cyclic N) is 1. The normalized spacial score (nSPS) is 17.4. The van der Waals surface area contributed by atoms with Crippen LogP contribution in [-0.4, -0.2) is 75.4 Å². The molecule has 0 spiro atoms. The Balaban J connectivity index is 2.76. The Labute approximate surface area is 168 Å². The fourth-order valence-corrected chi connectivity index (χ4v) is 2.41. The van der Waals surface area contributed by atoms with E-state index in [0.29, 0.717) is 35.6 Å². The number of amidine groups is 1. The highest BCUT2D eigenvalue weighted by atomic mass is 16.5. The molecule has 156 valence electrons. The summed E-state index contributed by atoms with van der Waals surface area (Å²) in [6, 6.07) is 0. The van der Waals surface area contributed by atoms with E-state index in [1.807, 2.05) is 6.92 Å². The molecule has 0 bridgehead atoms. The number of aliphatic imine (C=N–C) groups is 2. The van der Waals surface area contributed by atoms with Crippen LogP contribution in [0.1, 0.15) is 13.3 Å². The molecule has 8 heteroatoms. The van der Waals surface area contributed by atoms with Crippen molar-refractivity contribution in [1.82, 2.24) is 15.5 Å². The first-order valence-corrected chi connectivity index (χ1v) is 9.22. The number of hydrogen-bond donors (Lipinski definition) is 3. The molecule has 3 N–H and O–H groups in total. The zero-order chi connectivity index (χ0) is 20.9. The Bertz CT molecular complexity index is 646. The summed E-state index contributed by atoms with van der Waals surface area (Å²) >= 11 is 0. The van der Waals surface area contributed by atoms with E-state index in [-0.39, 0.29) is 6.10 Å². The number of allylic oxidation sites excluding steroid dienone is 3. The lowest BCUT2D eigenvalue weighted by molar-refractivity contribution is -0.00128. The van der Waals surface area contributed by atoms with Gasteiger partial charge >= 0.3 is 0 Å². The van der Waals surface area contributed by atoms with Crippen LogP contribution in [0.2, 0.25) is 0 Å². The standard InChI is InChI=1S/C20H33N5O3/c1-7-16(23-20(22-5)24-19(8-2)21-4)12-18(15(3)27-6)28-11-9-10-25-13-17(26)14-25/h7-8,12,17,26H,1-2,9-11,13-14H2,3-6H3,(H2,21,22,23,24)/b16-12+,18-15-. The Morgan fingerprint density at radius 1 is 1.32 bits per heavy atom. The number of likely N-dealkylation sites (tertiary alicyclic amines) is 1. The van der Waals surface area contributed by atoms with Crippen molar-refractivity contribution in [1.29, 1.82) is 0 Å². The van der Waals surface area contributed by atoms with Gasteiger partial charge < -0.3 is 25.2 Å². The summed E-state index contributed by atoms with van der Waals surface area (Å²) in [5, 5.41) is 15.4. The third kappa shape index (κ3) is 7.98. The quantitative estimate of drug-likeness (QED) is 0.171. The second kappa shape index (κ2) is 12.7. The van der Waals surface area contributed by atoms with Crippen LogP contribution in [0.15, 0.2) is 58.6 Å². The first-order valence-electron chi connectivity index (χ1n) is 9.22. The van der Waals surface area contributed by atoms with Crippen LogP contribution < -0.4 is 10.6 Å². The number of ether oxygens (including phenoxy) is 2. The predicted molar refractivity (Wildman–Crippen MR) is 114 cm³/mol. The molecular weight excluding hydrogens is 358 g/mol. The average Bonchev–Trinajstić information content (AvgIpc) is 2.69. The third-order valence-corrected chi connectivity index (χ3v) is 4.12. The first kappa shape index (κ1) is 23.5. The minimum atomic E-state index is -0.183. The Morgan fingerprint density at radius 3 is 2.54 bits per heavy atom. The summed E-state index contributed by atoms with van der Waals surface area (Å²) in [7, 11) is 5.00. The molecule has 28 heavy (non-hydrogen) atoms. The smallest absolute Gasteiger partial charge is 0.224 e. The summed E-state index contributed by atoms with van der Waals surface area (Å²) < 4.78 is 11.2. The summed E-state index contributed by atoms with van der Waals surface area (Å²) in [5.41, 5.74) is 0.668. The topological polar surface area (TPSA) is 90.7 Å². The molecule has 0 aliphatic carbocycles. The van der Waals surface area contributed by atoms with Crippen molar-refractivity contribution < 1.29 is 14.6 Å². The van der Waals surface area contributed by atoms with E-state index in [0.717, 1.165) is 26.1 Å². The zero-order valence-corrected chi connectivity index (χ0v) is 17.4. The molecule has 1 aliphatic rings. The Morgan fingerprint density at radius 2 is 2.04 bits per heavy atom. The first-order chi connectivity index (χ1) is 13.5. The summed E-state index contributed by atoms with van der Waals surface area (Å²) in [6.07, 6.45) is 5.73. The van der Waals surface area contributed by atoms with Gasteiger partial charge in [0.05, 0.1) is 19.8 Å². The largest absolute Gasteiger partial charge is 0.498 e. The summed E-state index contributed by atoms with van der Waals surface area (Å²) in [6.45, 7) is 12.3. The van der Waals surface area contributed by atoms with Crippen LogP contribution >= 0.6 is 0 Å². The van der Waals surface area contributed by atoms with Gasteiger partial charge in [-0.15, -0.1) is 0 Å². The van der Waals surface area contributed by atoms with Gasteiger partial charge in [-0.05, 0) is 25.5 Å². The van der Waals surface area contributed by atoms with Crippen molar-refractivity contribution in [2.75, 3.05) is 47.4 Å². The number of nitrogens with one attached hydrogen (secondary N) is 2. The number of methoxy groups -OCH3 is 1. The van der Waals surface area contributed by atoms with Crippen LogP contribution in [0, 0.1) is 0 Å².